The molecule has 0 aliphatic rings. The van der Waals surface area contributed by atoms with Crippen molar-refractivity contribution in [3.05, 3.63) is 36.0 Å². The highest BCUT2D eigenvalue weighted by atomic mass is 16.4. The summed E-state index contributed by atoms with van der Waals surface area (Å²) >= 11 is 0. The lowest BCUT2D eigenvalue weighted by Gasteiger charge is -2.08. The molecule has 1 N–H and O–H groups in total. The van der Waals surface area contributed by atoms with Crippen LogP contribution in [0.15, 0.2) is 30.5 Å². The molecule has 0 saturated carbocycles. The third kappa shape index (κ3) is 2.92. The van der Waals surface area contributed by atoms with Crippen LogP contribution in [0.3, 0.4) is 0 Å². The van der Waals surface area contributed by atoms with Gasteiger partial charge in [-0.05, 0) is 41.5 Å². The zero-order valence-electron chi connectivity index (χ0n) is 10.9. The van der Waals surface area contributed by atoms with E-state index in [0.29, 0.717) is 12.3 Å². The second kappa shape index (κ2) is 5.25. The van der Waals surface area contributed by atoms with E-state index in [1.54, 1.807) is 0 Å². The number of fused-ring (bicyclic) bond motifs is 1. The molecule has 96 valence electrons. The number of hydrogen-bond acceptors (Lipinski definition) is 1. The van der Waals surface area contributed by atoms with Gasteiger partial charge in [0.25, 0.3) is 0 Å². The number of benzene rings is 1. The van der Waals surface area contributed by atoms with E-state index in [9.17, 15) is 4.79 Å². The van der Waals surface area contributed by atoms with Crippen molar-refractivity contribution in [2.75, 3.05) is 0 Å². The number of carboxylic acid groups (broad SMARTS) is 1. The average molecular weight is 245 g/mol. The Labute approximate surface area is 107 Å². The van der Waals surface area contributed by atoms with Gasteiger partial charge in [-0.25, -0.2) is 0 Å². The molecular weight excluding hydrogens is 226 g/mol. The molecule has 0 spiro atoms. The van der Waals surface area contributed by atoms with E-state index in [2.05, 4.69) is 42.8 Å². The molecule has 0 atom stereocenters. The van der Waals surface area contributed by atoms with Gasteiger partial charge < -0.3 is 9.67 Å². The first-order chi connectivity index (χ1) is 8.56. The number of rotatable bonds is 5. The van der Waals surface area contributed by atoms with Gasteiger partial charge in [0.1, 0.15) is 0 Å². The lowest BCUT2D eigenvalue weighted by atomic mass is 10.1. The van der Waals surface area contributed by atoms with Gasteiger partial charge in [0, 0.05) is 24.7 Å². The number of carbonyl (C=O) groups is 1. The van der Waals surface area contributed by atoms with E-state index < -0.39 is 5.97 Å². The van der Waals surface area contributed by atoms with Crippen LogP contribution in [0.4, 0.5) is 0 Å². The maximum Gasteiger partial charge on any atom is 0.303 e. The molecule has 0 radical (unpaired) electrons. The monoisotopic (exact) mass is 245 g/mol. The molecule has 0 aliphatic heterocycles. The van der Waals surface area contributed by atoms with E-state index in [1.807, 2.05) is 6.07 Å². The number of carboxylic acids is 1. The Kier molecular flexibility index (Phi) is 3.70. The standard InChI is InChI=1S/C15H19NO2/c1-11(2)10-16-8-7-13-9-12(3-5-14(13)16)4-6-15(17)18/h3,5,7-9,11H,4,6,10H2,1-2H3,(H,17,18). The van der Waals surface area contributed by atoms with Crippen molar-refractivity contribution in [3.63, 3.8) is 0 Å². The fourth-order valence-corrected chi connectivity index (χ4v) is 2.21. The normalized spacial score (nSPS) is 11.3. The lowest BCUT2D eigenvalue weighted by Crippen LogP contribution is -2.02. The predicted molar refractivity (Wildman–Crippen MR) is 72.7 cm³/mol. The summed E-state index contributed by atoms with van der Waals surface area (Å²) in [7, 11) is 0. The highest BCUT2D eigenvalue weighted by molar-refractivity contribution is 5.81. The molecule has 2 aromatic rings. The quantitative estimate of drug-likeness (QED) is 0.878. The highest BCUT2D eigenvalue weighted by Gasteiger charge is 2.05. The number of hydrogen-bond donors (Lipinski definition) is 1. The van der Waals surface area contributed by atoms with E-state index in [0.717, 1.165) is 12.1 Å². The van der Waals surface area contributed by atoms with E-state index in [4.69, 9.17) is 5.11 Å². The lowest BCUT2D eigenvalue weighted by molar-refractivity contribution is -0.136. The number of nitrogens with zero attached hydrogens (tertiary/aromatic N) is 1. The number of aliphatic carboxylic acids is 1. The summed E-state index contributed by atoms with van der Waals surface area (Å²) in [6, 6.07) is 8.31. The first-order valence-corrected chi connectivity index (χ1v) is 6.36. The molecule has 0 aliphatic carbocycles. The van der Waals surface area contributed by atoms with Crippen LogP contribution in [0, 0.1) is 5.92 Å². The molecule has 1 heterocycles. The molecule has 0 saturated heterocycles. The molecule has 0 fully saturated rings. The summed E-state index contributed by atoms with van der Waals surface area (Å²) in [6.07, 6.45) is 2.89. The zero-order valence-corrected chi connectivity index (χ0v) is 10.9. The minimum absolute atomic E-state index is 0.193. The highest BCUT2D eigenvalue weighted by Crippen LogP contribution is 2.19. The summed E-state index contributed by atoms with van der Waals surface area (Å²) in [4.78, 5) is 10.6. The summed E-state index contributed by atoms with van der Waals surface area (Å²) < 4.78 is 2.25. The summed E-state index contributed by atoms with van der Waals surface area (Å²) in [5, 5.41) is 9.88. The molecular formula is C15H19NO2. The Morgan fingerprint density at radius 3 is 2.78 bits per heavy atom. The fourth-order valence-electron chi connectivity index (χ4n) is 2.21. The van der Waals surface area contributed by atoms with Crippen LogP contribution >= 0.6 is 0 Å². The van der Waals surface area contributed by atoms with Gasteiger partial charge in [-0.2, -0.15) is 0 Å². The molecule has 1 aromatic heterocycles. The van der Waals surface area contributed by atoms with Gasteiger partial charge in [-0.15, -0.1) is 0 Å². The van der Waals surface area contributed by atoms with E-state index >= 15 is 0 Å². The van der Waals surface area contributed by atoms with Gasteiger partial charge in [0.15, 0.2) is 0 Å². The third-order valence-corrected chi connectivity index (χ3v) is 3.02. The molecule has 0 bridgehead atoms. The van der Waals surface area contributed by atoms with Crippen molar-refractivity contribution in [1.29, 1.82) is 0 Å². The maximum absolute atomic E-state index is 10.6. The molecule has 1 aromatic carbocycles. The van der Waals surface area contributed by atoms with Gasteiger partial charge in [0.05, 0.1) is 0 Å². The molecule has 3 nitrogen and oxygen atoms in total. The largest absolute Gasteiger partial charge is 0.481 e. The summed E-state index contributed by atoms with van der Waals surface area (Å²) in [6.45, 7) is 5.41. The Morgan fingerprint density at radius 2 is 2.11 bits per heavy atom. The first-order valence-electron chi connectivity index (χ1n) is 6.36. The second-order valence-corrected chi connectivity index (χ2v) is 5.15. The first kappa shape index (κ1) is 12.7. The van der Waals surface area contributed by atoms with Crippen LogP contribution in [0.1, 0.15) is 25.8 Å². The van der Waals surface area contributed by atoms with Crippen LogP contribution in [0.25, 0.3) is 10.9 Å². The number of aryl methyl sites for hydroxylation is 1. The Bertz CT molecular complexity index is 555. The maximum atomic E-state index is 10.6. The van der Waals surface area contributed by atoms with Crippen LogP contribution in [-0.4, -0.2) is 15.6 Å². The van der Waals surface area contributed by atoms with Gasteiger partial charge in [-0.3, -0.25) is 4.79 Å². The average Bonchev–Trinajstić information content (AvgIpc) is 2.68. The molecule has 0 amide bonds. The molecule has 3 heteroatoms. The van der Waals surface area contributed by atoms with E-state index in [-0.39, 0.29) is 6.42 Å². The van der Waals surface area contributed by atoms with Gasteiger partial charge >= 0.3 is 5.97 Å². The van der Waals surface area contributed by atoms with Crippen LogP contribution in [-0.2, 0) is 17.8 Å². The van der Waals surface area contributed by atoms with E-state index in [1.165, 1.54) is 10.9 Å². The second-order valence-electron chi connectivity index (χ2n) is 5.15. The molecule has 0 unspecified atom stereocenters. The Hall–Kier alpha value is -1.77. The van der Waals surface area contributed by atoms with Crippen molar-refractivity contribution in [1.82, 2.24) is 4.57 Å². The Balaban J connectivity index is 2.22. The Morgan fingerprint density at radius 1 is 1.33 bits per heavy atom. The van der Waals surface area contributed by atoms with Crippen molar-refractivity contribution >= 4 is 16.9 Å². The third-order valence-electron chi connectivity index (χ3n) is 3.02. The van der Waals surface area contributed by atoms with Crippen molar-refractivity contribution < 1.29 is 9.90 Å². The van der Waals surface area contributed by atoms with Crippen molar-refractivity contribution in [2.24, 2.45) is 5.92 Å². The minimum atomic E-state index is -0.743. The van der Waals surface area contributed by atoms with Crippen molar-refractivity contribution in [2.45, 2.75) is 33.2 Å². The molecule has 18 heavy (non-hydrogen) atoms. The minimum Gasteiger partial charge on any atom is -0.481 e. The summed E-state index contributed by atoms with van der Waals surface area (Å²) in [5.41, 5.74) is 2.31. The number of aromatic nitrogens is 1. The molecule has 2 rings (SSSR count). The van der Waals surface area contributed by atoms with Crippen LogP contribution < -0.4 is 0 Å². The van der Waals surface area contributed by atoms with Crippen LogP contribution in [0.2, 0.25) is 0 Å². The zero-order chi connectivity index (χ0) is 13.1. The van der Waals surface area contributed by atoms with Crippen molar-refractivity contribution in [3.8, 4) is 0 Å². The van der Waals surface area contributed by atoms with Gasteiger partial charge in [-0.1, -0.05) is 19.9 Å². The SMILES string of the molecule is CC(C)Cn1ccc2cc(CCC(=O)O)ccc21. The predicted octanol–water partition coefficient (Wildman–Crippen LogP) is 3.31. The smallest absolute Gasteiger partial charge is 0.303 e. The summed E-state index contributed by atoms with van der Waals surface area (Å²) in [5.74, 6) is -0.125. The van der Waals surface area contributed by atoms with Gasteiger partial charge in [0.2, 0.25) is 0 Å². The fraction of sp³-hybridized carbons (Fsp3) is 0.400. The topological polar surface area (TPSA) is 42.2 Å². The van der Waals surface area contributed by atoms with Crippen LogP contribution in [0.5, 0.6) is 0 Å².